The molecule has 5 heteroatoms. The molecule has 2 heterocycles. The zero-order valence-electron chi connectivity index (χ0n) is 12.6. The van der Waals surface area contributed by atoms with Gasteiger partial charge in [-0.05, 0) is 42.5 Å². The summed E-state index contributed by atoms with van der Waals surface area (Å²) in [4.78, 5) is 14.3. The molecule has 0 aliphatic carbocycles. The molecule has 3 rings (SSSR count). The van der Waals surface area contributed by atoms with E-state index in [1.807, 2.05) is 17.0 Å². The number of rotatable bonds is 3. The average Bonchev–Trinajstić information content (AvgIpc) is 3.06. The molecule has 1 fully saturated rings. The molecule has 0 saturated carbocycles. The van der Waals surface area contributed by atoms with Gasteiger partial charge in [0.1, 0.15) is 6.10 Å². The Morgan fingerprint density at radius 1 is 1.24 bits per heavy atom. The van der Waals surface area contributed by atoms with E-state index >= 15 is 0 Å². The number of benzene rings is 1. The summed E-state index contributed by atoms with van der Waals surface area (Å²) in [7, 11) is 3.27. The summed E-state index contributed by atoms with van der Waals surface area (Å²) in [5.74, 6) is 1.57. The van der Waals surface area contributed by atoms with Crippen LogP contribution in [0.4, 0.5) is 0 Å². The van der Waals surface area contributed by atoms with Gasteiger partial charge < -0.3 is 19.1 Å². The number of ether oxygens (including phenoxy) is 3. The molecule has 114 valence electrons. The van der Waals surface area contributed by atoms with Crippen LogP contribution in [0.2, 0.25) is 0 Å². The van der Waals surface area contributed by atoms with Crippen LogP contribution < -0.4 is 9.47 Å². The number of carbonyl (C=O) groups excluding carboxylic acids is 1. The number of carbonyl (C=O) groups is 1. The van der Waals surface area contributed by atoms with Crippen LogP contribution in [-0.4, -0.2) is 44.3 Å². The molecule has 0 N–H and O–H groups in total. The Kier molecular flexibility index (Phi) is 4.01. The molecule has 0 aromatic heterocycles. The molecule has 21 heavy (non-hydrogen) atoms. The first-order chi connectivity index (χ1) is 10.2. The number of hydrogen-bond donors (Lipinski definition) is 0. The molecule has 0 bridgehead atoms. The minimum Gasteiger partial charge on any atom is -0.493 e. The van der Waals surface area contributed by atoms with Crippen LogP contribution in [0.25, 0.3) is 0 Å². The first-order valence-corrected chi connectivity index (χ1v) is 7.37. The summed E-state index contributed by atoms with van der Waals surface area (Å²) < 4.78 is 16.2. The predicted molar refractivity (Wildman–Crippen MR) is 77.6 cm³/mol. The predicted octanol–water partition coefficient (Wildman–Crippen LogP) is 1.77. The van der Waals surface area contributed by atoms with Gasteiger partial charge in [0.15, 0.2) is 11.5 Å². The minimum absolute atomic E-state index is 0.118. The molecule has 5 nitrogen and oxygen atoms in total. The highest BCUT2D eigenvalue weighted by Gasteiger charge is 2.30. The van der Waals surface area contributed by atoms with Gasteiger partial charge in [-0.25, -0.2) is 0 Å². The molecule has 0 spiro atoms. The van der Waals surface area contributed by atoms with Crippen molar-refractivity contribution < 1.29 is 19.0 Å². The molecule has 1 amide bonds. The van der Waals surface area contributed by atoms with Gasteiger partial charge in [-0.1, -0.05) is 0 Å². The largest absolute Gasteiger partial charge is 0.493 e. The van der Waals surface area contributed by atoms with Crippen molar-refractivity contribution in [1.29, 1.82) is 0 Å². The van der Waals surface area contributed by atoms with Crippen LogP contribution in [0.1, 0.15) is 24.0 Å². The fourth-order valence-electron chi connectivity index (χ4n) is 3.05. The molecule has 0 radical (unpaired) electrons. The number of fused-ring (bicyclic) bond motifs is 1. The third-order valence-electron chi connectivity index (χ3n) is 4.23. The van der Waals surface area contributed by atoms with Crippen LogP contribution in [0, 0.1) is 0 Å². The molecule has 2 aliphatic rings. The zero-order chi connectivity index (χ0) is 14.8. The summed E-state index contributed by atoms with van der Waals surface area (Å²) in [6.07, 6.45) is 2.42. The van der Waals surface area contributed by atoms with E-state index in [2.05, 4.69) is 0 Å². The highest BCUT2D eigenvalue weighted by atomic mass is 16.5. The second kappa shape index (κ2) is 5.93. The second-order valence-electron chi connectivity index (χ2n) is 5.49. The lowest BCUT2D eigenvalue weighted by molar-refractivity contribution is -0.141. The zero-order valence-corrected chi connectivity index (χ0v) is 12.6. The first kappa shape index (κ1) is 14.2. The van der Waals surface area contributed by atoms with Crippen LogP contribution >= 0.6 is 0 Å². The van der Waals surface area contributed by atoms with Crippen LogP contribution in [0.15, 0.2) is 12.1 Å². The van der Waals surface area contributed by atoms with Gasteiger partial charge in [0.2, 0.25) is 0 Å². The van der Waals surface area contributed by atoms with Crippen molar-refractivity contribution in [2.45, 2.75) is 31.9 Å². The SMILES string of the molecule is COc1cc2c(cc1OC)CN(C(=O)[C@@H]1CCCO1)CC2. The summed E-state index contributed by atoms with van der Waals surface area (Å²) >= 11 is 0. The van der Waals surface area contributed by atoms with Crippen molar-refractivity contribution in [3.05, 3.63) is 23.3 Å². The lowest BCUT2D eigenvalue weighted by Crippen LogP contribution is -2.41. The van der Waals surface area contributed by atoms with Crippen LogP contribution in [0.5, 0.6) is 11.5 Å². The van der Waals surface area contributed by atoms with Gasteiger partial charge >= 0.3 is 0 Å². The summed E-state index contributed by atoms with van der Waals surface area (Å²) in [6.45, 7) is 2.06. The van der Waals surface area contributed by atoms with Gasteiger partial charge in [-0.2, -0.15) is 0 Å². The van der Waals surface area contributed by atoms with Crippen molar-refractivity contribution in [2.75, 3.05) is 27.4 Å². The molecule has 1 saturated heterocycles. The van der Waals surface area contributed by atoms with E-state index in [4.69, 9.17) is 14.2 Å². The van der Waals surface area contributed by atoms with Crippen molar-refractivity contribution in [1.82, 2.24) is 4.90 Å². The maximum absolute atomic E-state index is 12.4. The lowest BCUT2D eigenvalue weighted by atomic mass is 9.98. The molecule has 1 atom stereocenters. The molecular weight excluding hydrogens is 270 g/mol. The van der Waals surface area contributed by atoms with E-state index in [0.717, 1.165) is 37.1 Å². The topological polar surface area (TPSA) is 48.0 Å². The van der Waals surface area contributed by atoms with Gasteiger partial charge in [-0.15, -0.1) is 0 Å². The van der Waals surface area contributed by atoms with Gasteiger partial charge in [0.25, 0.3) is 5.91 Å². The van der Waals surface area contributed by atoms with E-state index in [9.17, 15) is 4.79 Å². The highest BCUT2D eigenvalue weighted by Crippen LogP contribution is 2.33. The van der Waals surface area contributed by atoms with Crippen molar-refractivity contribution >= 4 is 5.91 Å². The Bertz CT molecular complexity index is 537. The lowest BCUT2D eigenvalue weighted by Gasteiger charge is -2.31. The Balaban J connectivity index is 1.79. The fourth-order valence-corrected chi connectivity index (χ4v) is 3.05. The van der Waals surface area contributed by atoms with Gasteiger partial charge in [0, 0.05) is 19.7 Å². The van der Waals surface area contributed by atoms with Crippen LogP contribution in [0.3, 0.4) is 0 Å². The minimum atomic E-state index is -0.244. The molecule has 2 aliphatic heterocycles. The number of methoxy groups -OCH3 is 2. The first-order valence-electron chi connectivity index (χ1n) is 7.37. The van der Waals surface area contributed by atoms with Crippen LogP contribution in [-0.2, 0) is 22.5 Å². The average molecular weight is 291 g/mol. The Hall–Kier alpha value is -1.75. The third-order valence-corrected chi connectivity index (χ3v) is 4.23. The quantitative estimate of drug-likeness (QED) is 0.851. The van der Waals surface area contributed by atoms with Gasteiger partial charge in [0.05, 0.1) is 14.2 Å². The Morgan fingerprint density at radius 2 is 1.95 bits per heavy atom. The van der Waals surface area contributed by atoms with E-state index in [1.54, 1.807) is 14.2 Å². The highest BCUT2D eigenvalue weighted by molar-refractivity contribution is 5.81. The summed E-state index contributed by atoms with van der Waals surface area (Å²) in [5, 5.41) is 0. The molecule has 1 aromatic rings. The monoisotopic (exact) mass is 291 g/mol. The third kappa shape index (κ3) is 2.70. The van der Waals surface area contributed by atoms with Crippen molar-refractivity contribution in [2.24, 2.45) is 0 Å². The number of amides is 1. The van der Waals surface area contributed by atoms with E-state index < -0.39 is 0 Å². The van der Waals surface area contributed by atoms with E-state index in [-0.39, 0.29) is 12.0 Å². The Labute approximate surface area is 124 Å². The van der Waals surface area contributed by atoms with Crippen molar-refractivity contribution in [3.8, 4) is 11.5 Å². The fraction of sp³-hybridized carbons (Fsp3) is 0.562. The summed E-state index contributed by atoms with van der Waals surface area (Å²) in [6, 6.07) is 3.99. The summed E-state index contributed by atoms with van der Waals surface area (Å²) in [5.41, 5.74) is 2.36. The molecular formula is C16H21NO4. The molecule has 0 unspecified atom stereocenters. The van der Waals surface area contributed by atoms with E-state index in [0.29, 0.717) is 18.9 Å². The number of hydrogen-bond acceptors (Lipinski definition) is 4. The van der Waals surface area contributed by atoms with Gasteiger partial charge in [-0.3, -0.25) is 4.79 Å². The second-order valence-corrected chi connectivity index (χ2v) is 5.49. The normalized spacial score (nSPS) is 21.0. The number of nitrogens with zero attached hydrogens (tertiary/aromatic N) is 1. The van der Waals surface area contributed by atoms with Crippen molar-refractivity contribution in [3.63, 3.8) is 0 Å². The maximum atomic E-state index is 12.4. The Morgan fingerprint density at radius 3 is 2.57 bits per heavy atom. The smallest absolute Gasteiger partial charge is 0.252 e. The molecule has 1 aromatic carbocycles. The maximum Gasteiger partial charge on any atom is 0.252 e. The standard InChI is InChI=1S/C16H21NO4/c1-19-14-8-11-5-6-17(10-12(11)9-15(14)20-2)16(18)13-4-3-7-21-13/h8-9,13H,3-7,10H2,1-2H3/t13-/m0/s1. The van der Waals surface area contributed by atoms with E-state index in [1.165, 1.54) is 5.56 Å².